The third kappa shape index (κ3) is 1.66. The summed E-state index contributed by atoms with van der Waals surface area (Å²) in [6, 6.07) is 0. The Balaban J connectivity index is 1.86. The van der Waals surface area contributed by atoms with Crippen molar-refractivity contribution in [2.75, 3.05) is 0 Å². The molecule has 1 spiro atoms. The highest BCUT2D eigenvalue weighted by Gasteiger charge is 2.51. The van der Waals surface area contributed by atoms with Crippen LogP contribution in [0.3, 0.4) is 0 Å². The molecule has 1 aliphatic carbocycles. The first-order valence-electron chi connectivity index (χ1n) is 4.65. The second-order valence-corrected chi connectivity index (χ2v) is 4.10. The average molecular weight is 183 g/mol. The van der Waals surface area contributed by atoms with Crippen molar-refractivity contribution in [1.82, 2.24) is 5.32 Å². The van der Waals surface area contributed by atoms with Gasteiger partial charge in [0.2, 0.25) is 5.91 Å². The van der Waals surface area contributed by atoms with E-state index in [1.165, 1.54) is 0 Å². The molecule has 0 aromatic rings. The third-order valence-corrected chi connectivity index (χ3v) is 2.96. The van der Waals surface area contributed by atoms with Crippen LogP contribution in [0.1, 0.15) is 32.1 Å². The molecule has 2 N–H and O–H groups in total. The number of hydrogen-bond donors (Lipinski definition) is 2. The number of amides is 1. The van der Waals surface area contributed by atoms with E-state index in [1.54, 1.807) is 0 Å². The van der Waals surface area contributed by atoms with Crippen molar-refractivity contribution in [3.05, 3.63) is 0 Å². The van der Waals surface area contributed by atoms with Gasteiger partial charge in [-0.05, 0) is 25.7 Å². The molecule has 0 unspecified atom stereocenters. The summed E-state index contributed by atoms with van der Waals surface area (Å²) in [6.07, 6.45) is 3.58. The molecule has 1 heterocycles. The molecule has 2 aliphatic rings. The average Bonchev–Trinajstić information content (AvgIpc) is 2.69. The lowest BCUT2D eigenvalue weighted by Crippen LogP contribution is -2.27. The van der Waals surface area contributed by atoms with Gasteiger partial charge in [-0.25, -0.2) is 0 Å². The van der Waals surface area contributed by atoms with Crippen LogP contribution < -0.4 is 5.32 Å². The predicted octanol–water partition coefficient (Wildman–Crippen LogP) is 0.520. The fourth-order valence-corrected chi connectivity index (χ4v) is 1.99. The van der Waals surface area contributed by atoms with Gasteiger partial charge in [-0.2, -0.15) is 0 Å². The van der Waals surface area contributed by atoms with Crippen molar-refractivity contribution in [2.24, 2.45) is 5.92 Å². The third-order valence-electron chi connectivity index (χ3n) is 2.96. The first-order valence-corrected chi connectivity index (χ1v) is 4.65. The molecule has 0 bridgehead atoms. The van der Waals surface area contributed by atoms with Gasteiger partial charge in [0.15, 0.2) is 0 Å². The Morgan fingerprint density at radius 1 is 1.62 bits per heavy atom. The van der Waals surface area contributed by atoms with Gasteiger partial charge in [0, 0.05) is 17.9 Å². The molecule has 2 fully saturated rings. The Morgan fingerprint density at radius 2 is 2.31 bits per heavy atom. The summed E-state index contributed by atoms with van der Waals surface area (Å²) in [6.45, 7) is 0. The zero-order valence-electron chi connectivity index (χ0n) is 7.38. The van der Waals surface area contributed by atoms with E-state index in [1.807, 2.05) is 0 Å². The van der Waals surface area contributed by atoms with E-state index in [-0.39, 0.29) is 23.8 Å². The first-order chi connectivity index (χ1) is 6.11. The van der Waals surface area contributed by atoms with Crippen LogP contribution >= 0.6 is 0 Å². The first kappa shape index (κ1) is 8.53. The SMILES string of the molecule is O=C(O)CC[C@@H]1CC2(CC2)NC1=O. The monoisotopic (exact) mass is 183 g/mol. The molecule has 13 heavy (non-hydrogen) atoms. The number of carbonyl (C=O) groups is 2. The number of carbonyl (C=O) groups excluding carboxylic acids is 1. The molecule has 72 valence electrons. The predicted molar refractivity (Wildman–Crippen MR) is 45.1 cm³/mol. The summed E-state index contributed by atoms with van der Waals surface area (Å²) >= 11 is 0. The van der Waals surface area contributed by atoms with Crippen LogP contribution in [0, 0.1) is 5.92 Å². The Hall–Kier alpha value is -1.06. The molecule has 4 nitrogen and oxygen atoms in total. The second-order valence-electron chi connectivity index (χ2n) is 4.10. The lowest BCUT2D eigenvalue weighted by atomic mass is 9.98. The van der Waals surface area contributed by atoms with E-state index in [0.717, 1.165) is 19.3 Å². The van der Waals surface area contributed by atoms with E-state index in [9.17, 15) is 9.59 Å². The van der Waals surface area contributed by atoms with Crippen molar-refractivity contribution < 1.29 is 14.7 Å². The van der Waals surface area contributed by atoms with Gasteiger partial charge in [-0.1, -0.05) is 0 Å². The maximum atomic E-state index is 11.3. The van der Waals surface area contributed by atoms with E-state index in [0.29, 0.717) is 6.42 Å². The van der Waals surface area contributed by atoms with E-state index >= 15 is 0 Å². The van der Waals surface area contributed by atoms with Crippen LogP contribution in [0.5, 0.6) is 0 Å². The van der Waals surface area contributed by atoms with Gasteiger partial charge < -0.3 is 10.4 Å². The molecule has 1 aliphatic heterocycles. The van der Waals surface area contributed by atoms with Crippen molar-refractivity contribution in [1.29, 1.82) is 0 Å². The minimum Gasteiger partial charge on any atom is -0.481 e. The van der Waals surface area contributed by atoms with E-state index < -0.39 is 5.97 Å². The highest BCUT2D eigenvalue weighted by atomic mass is 16.4. The smallest absolute Gasteiger partial charge is 0.303 e. The van der Waals surface area contributed by atoms with Crippen LogP contribution in [0.15, 0.2) is 0 Å². The van der Waals surface area contributed by atoms with Crippen LogP contribution in [-0.4, -0.2) is 22.5 Å². The Bertz CT molecular complexity index is 258. The largest absolute Gasteiger partial charge is 0.481 e. The summed E-state index contributed by atoms with van der Waals surface area (Å²) in [5, 5.41) is 11.4. The maximum Gasteiger partial charge on any atom is 0.303 e. The molecular formula is C9H13NO3. The normalized spacial score (nSPS) is 28.9. The maximum absolute atomic E-state index is 11.3. The molecular weight excluding hydrogens is 170 g/mol. The van der Waals surface area contributed by atoms with Crippen LogP contribution in [0.2, 0.25) is 0 Å². The second kappa shape index (κ2) is 2.72. The Labute approximate surface area is 76.3 Å². The Morgan fingerprint density at radius 3 is 2.77 bits per heavy atom. The van der Waals surface area contributed by atoms with Crippen molar-refractivity contribution >= 4 is 11.9 Å². The topological polar surface area (TPSA) is 66.4 Å². The van der Waals surface area contributed by atoms with E-state index in [4.69, 9.17) is 5.11 Å². The summed E-state index contributed by atoms with van der Waals surface area (Å²) in [5.41, 5.74) is 0.0836. The zero-order valence-corrected chi connectivity index (χ0v) is 7.38. The molecule has 1 saturated carbocycles. The summed E-state index contributed by atoms with van der Waals surface area (Å²) in [7, 11) is 0. The minimum atomic E-state index is -0.815. The lowest BCUT2D eigenvalue weighted by molar-refractivity contribution is -0.137. The van der Waals surface area contributed by atoms with Crippen LogP contribution in [0.25, 0.3) is 0 Å². The highest BCUT2D eigenvalue weighted by Crippen LogP contribution is 2.46. The zero-order chi connectivity index (χ0) is 9.47. The van der Waals surface area contributed by atoms with Gasteiger partial charge in [-0.3, -0.25) is 9.59 Å². The van der Waals surface area contributed by atoms with Crippen molar-refractivity contribution in [3.8, 4) is 0 Å². The van der Waals surface area contributed by atoms with E-state index in [2.05, 4.69) is 5.32 Å². The molecule has 0 aromatic carbocycles. The van der Waals surface area contributed by atoms with Gasteiger partial charge in [0.05, 0.1) is 0 Å². The Kier molecular flexibility index (Phi) is 1.78. The summed E-state index contributed by atoms with van der Waals surface area (Å²) in [4.78, 5) is 21.6. The van der Waals surface area contributed by atoms with Crippen LogP contribution in [0.4, 0.5) is 0 Å². The fraction of sp³-hybridized carbons (Fsp3) is 0.778. The standard InChI is InChI=1S/C9H13NO3/c11-7(12)2-1-6-5-9(3-4-9)10-8(6)13/h6H,1-5H2,(H,10,13)(H,11,12)/t6-/m1/s1. The molecule has 1 saturated heterocycles. The number of aliphatic carboxylic acids is 1. The quantitative estimate of drug-likeness (QED) is 0.670. The minimum absolute atomic E-state index is 0.0544. The van der Waals surface area contributed by atoms with Crippen molar-refractivity contribution in [2.45, 2.75) is 37.6 Å². The molecule has 2 rings (SSSR count). The summed E-state index contributed by atoms with van der Waals surface area (Å²) in [5.74, 6) is -0.818. The van der Waals surface area contributed by atoms with Gasteiger partial charge in [0.25, 0.3) is 0 Å². The highest BCUT2D eigenvalue weighted by molar-refractivity contribution is 5.83. The number of rotatable bonds is 3. The van der Waals surface area contributed by atoms with Gasteiger partial charge >= 0.3 is 5.97 Å². The van der Waals surface area contributed by atoms with Gasteiger partial charge in [0.1, 0.15) is 0 Å². The van der Waals surface area contributed by atoms with Crippen molar-refractivity contribution in [3.63, 3.8) is 0 Å². The molecule has 1 amide bonds. The van der Waals surface area contributed by atoms with Crippen LogP contribution in [-0.2, 0) is 9.59 Å². The van der Waals surface area contributed by atoms with Gasteiger partial charge in [-0.15, -0.1) is 0 Å². The number of nitrogens with one attached hydrogen (secondary N) is 1. The number of carboxylic acids is 1. The summed E-state index contributed by atoms with van der Waals surface area (Å²) < 4.78 is 0. The number of carboxylic acid groups (broad SMARTS) is 1. The molecule has 0 radical (unpaired) electrons. The fourth-order valence-electron chi connectivity index (χ4n) is 1.99. The molecule has 4 heteroatoms. The lowest BCUT2D eigenvalue weighted by Gasteiger charge is -2.03. The molecule has 1 atom stereocenters. The molecule has 0 aromatic heterocycles. The number of hydrogen-bond acceptors (Lipinski definition) is 2.